The molecule has 0 saturated carbocycles. The first-order chi connectivity index (χ1) is 8.06. The summed E-state index contributed by atoms with van der Waals surface area (Å²) >= 11 is 0. The van der Waals surface area contributed by atoms with Crippen molar-refractivity contribution in [3.8, 4) is 0 Å². The van der Waals surface area contributed by atoms with Gasteiger partial charge in [0.1, 0.15) is 5.82 Å². The third-order valence-electron chi connectivity index (χ3n) is 2.32. The summed E-state index contributed by atoms with van der Waals surface area (Å²) in [6, 6.07) is 2.95. The van der Waals surface area contributed by atoms with E-state index in [1.807, 2.05) is 11.9 Å². The molecule has 0 spiro atoms. The number of nitrogen functional groups attached to an aromatic ring is 1. The lowest BCUT2D eigenvalue weighted by Gasteiger charge is -2.17. The predicted octanol–water partition coefficient (Wildman–Crippen LogP) is 1.04. The van der Waals surface area contributed by atoms with Gasteiger partial charge in [-0.2, -0.15) is 0 Å². The predicted molar refractivity (Wildman–Crippen MR) is 65.1 cm³/mol. The Kier molecular flexibility index (Phi) is 4.65. The van der Waals surface area contributed by atoms with Crippen LogP contribution in [0.25, 0.3) is 0 Å². The number of nitrogens with two attached hydrogens (primary N) is 1. The van der Waals surface area contributed by atoms with Gasteiger partial charge >= 0.3 is 5.69 Å². The first kappa shape index (κ1) is 13.2. The topological polar surface area (TPSA) is 94.5 Å². The molecule has 0 amide bonds. The molecule has 2 N–H and O–H groups in total. The molecule has 7 heteroatoms. The fourth-order valence-corrected chi connectivity index (χ4v) is 1.38. The smallest absolute Gasteiger partial charge is 0.311 e. The Labute approximate surface area is 99.3 Å². The molecular weight excluding hydrogens is 224 g/mol. The van der Waals surface area contributed by atoms with E-state index < -0.39 is 4.92 Å². The van der Waals surface area contributed by atoms with Crippen LogP contribution in [-0.2, 0) is 4.74 Å². The highest BCUT2D eigenvalue weighted by atomic mass is 16.6. The molecule has 0 radical (unpaired) electrons. The quantitative estimate of drug-likeness (QED) is 0.453. The number of nitro groups is 1. The highest BCUT2D eigenvalue weighted by molar-refractivity contribution is 5.57. The molecule has 7 nitrogen and oxygen atoms in total. The van der Waals surface area contributed by atoms with Crippen molar-refractivity contribution < 1.29 is 9.66 Å². The molecule has 0 aliphatic heterocycles. The summed E-state index contributed by atoms with van der Waals surface area (Å²) < 4.78 is 4.94. The molecule has 0 aliphatic rings. The molecule has 1 aromatic rings. The van der Waals surface area contributed by atoms with E-state index in [-0.39, 0.29) is 11.5 Å². The van der Waals surface area contributed by atoms with E-state index in [0.29, 0.717) is 12.4 Å². The third kappa shape index (κ3) is 3.56. The zero-order chi connectivity index (χ0) is 12.8. The van der Waals surface area contributed by atoms with Gasteiger partial charge < -0.3 is 15.4 Å². The maximum Gasteiger partial charge on any atom is 0.311 e. The largest absolute Gasteiger partial charge is 0.385 e. The van der Waals surface area contributed by atoms with Gasteiger partial charge in [-0.25, -0.2) is 4.98 Å². The molecule has 0 unspecified atom stereocenters. The summed E-state index contributed by atoms with van der Waals surface area (Å²) in [4.78, 5) is 15.9. The summed E-state index contributed by atoms with van der Waals surface area (Å²) in [5, 5.41) is 10.6. The van der Waals surface area contributed by atoms with Gasteiger partial charge in [-0.1, -0.05) is 0 Å². The molecule has 0 aromatic carbocycles. The number of hydrogen-bond acceptors (Lipinski definition) is 6. The lowest BCUT2D eigenvalue weighted by atomic mass is 10.3. The van der Waals surface area contributed by atoms with Crippen LogP contribution in [-0.4, -0.2) is 37.2 Å². The van der Waals surface area contributed by atoms with Crippen molar-refractivity contribution in [3.05, 3.63) is 22.2 Å². The van der Waals surface area contributed by atoms with Gasteiger partial charge in [0.2, 0.25) is 5.82 Å². The average molecular weight is 240 g/mol. The maximum absolute atomic E-state index is 10.6. The summed E-state index contributed by atoms with van der Waals surface area (Å²) in [5.74, 6) is 0.551. The van der Waals surface area contributed by atoms with Crippen LogP contribution in [0, 0.1) is 10.1 Å². The van der Waals surface area contributed by atoms with Crippen LogP contribution in [0.4, 0.5) is 17.3 Å². The van der Waals surface area contributed by atoms with Gasteiger partial charge in [-0.05, 0) is 12.5 Å². The summed E-state index contributed by atoms with van der Waals surface area (Å²) in [6.45, 7) is 1.41. The zero-order valence-electron chi connectivity index (χ0n) is 9.92. The van der Waals surface area contributed by atoms with E-state index in [1.165, 1.54) is 6.07 Å². The first-order valence-corrected chi connectivity index (χ1v) is 5.17. The number of nitrogens with zero attached hydrogens (tertiary/aromatic N) is 3. The molecule has 1 aromatic heterocycles. The van der Waals surface area contributed by atoms with Crippen LogP contribution in [0.15, 0.2) is 12.1 Å². The van der Waals surface area contributed by atoms with E-state index in [4.69, 9.17) is 10.5 Å². The van der Waals surface area contributed by atoms with Gasteiger partial charge in [-0.15, -0.1) is 0 Å². The first-order valence-electron chi connectivity index (χ1n) is 5.17. The van der Waals surface area contributed by atoms with E-state index >= 15 is 0 Å². The van der Waals surface area contributed by atoms with Crippen molar-refractivity contribution in [1.29, 1.82) is 0 Å². The average Bonchev–Trinajstić information content (AvgIpc) is 2.28. The van der Waals surface area contributed by atoms with Crippen molar-refractivity contribution in [3.63, 3.8) is 0 Å². The Hall–Kier alpha value is -1.89. The van der Waals surface area contributed by atoms with Crippen LogP contribution < -0.4 is 10.6 Å². The Balaban J connectivity index is 2.72. The maximum atomic E-state index is 10.6. The molecule has 1 rings (SSSR count). The number of anilines is 2. The summed E-state index contributed by atoms with van der Waals surface area (Å²) in [5.41, 5.74) is 5.34. The van der Waals surface area contributed by atoms with Crippen LogP contribution in [0.2, 0.25) is 0 Å². The fraction of sp³-hybridized carbons (Fsp3) is 0.500. The molecule has 0 atom stereocenters. The van der Waals surface area contributed by atoms with Gasteiger partial charge in [0.15, 0.2) is 0 Å². The lowest BCUT2D eigenvalue weighted by Crippen LogP contribution is -2.21. The van der Waals surface area contributed by atoms with E-state index in [2.05, 4.69) is 4.98 Å². The summed E-state index contributed by atoms with van der Waals surface area (Å²) in [6.07, 6.45) is 0.853. The molecule has 0 bridgehead atoms. The van der Waals surface area contributed by atoms with Crippen LogP contribution >= 0.6 is 0 Å². The van der Waals surface area contributed by atoms with E-state index in [1.54, 1.807) is 13.2 Å². The molecule has 1 heterocycles. The second kappa shape index (κ2) is 6.00. The number of methoxy groups -OCH3 is 1. The van der Waals surface area contributed by atoms with Crippen LogP contribution in [0.5, 0.6) is 0 Å². The van der Waals surface area contributed by atoms with Crippen LogP contribution in [0.1, 0.15) is 6.42 Å². The van der Waals surface area contributed by atoms with Gasteiger partial charge in [0.25, 0.3) is 0 Å². The van der Waals surface area contributed by atoms with Crippen molar-refractivity contribution in [2.24, 2.45) is 0 Å². The van der Waals surface area contributed by atoms with Crippen molar-refractivity contribution >= 4 is 17.3 Å². The second-order valence-corrected chi connectivity index (χ2v) is 3.60. The van der Waals surface area contributed by atoms with E-state index in [0.717, 1.165) is 13.0 Å². The minimum absolute atomic E-state index is 0.0638. The second-order valence-electron chi connectivity index (χ2n) is 3.60. The fourth-order valence-electron chi connectivity index (χ4n) is 1.38. The van der Waals surface area contributed by atoms with Crippen LogP contribution in [0.3, 0.4) is 0 Å². The number of ether oxygens (including phenoxy) is 1. The van der Waals surface area contributed by atoms with Crippen molar-refractivity contribution in [1.82, 2.24) is 4.98 Å². The van der Waals surface area contributed by atoms with Gasteiger partial charge in [0.05, 0.1) is 4.92 Å². The van der Waals surface area contributed by atoms with Gasteiger partial charge in [0, 0.05) is 33.4 Å². The Morgan fingerprint density at radius 3 is 2.82 bits per heavy atom. The van der Waals surface area contributed by atoms with Gasteiger partial charge in [-0.3, -0.25) is 10.1 Å². The standard InChI is InChI=1S/C10H16N4O3/c1-13(6-3-7-17-2)9-5-4-8(14(15)16)10(11)12-9/h4-5H,3,6-7H2,1-2H3,(H2,11,12). The zero-order valence-corrected chi connectivity index (χ0v) is 9.92. The van der Waals surface area contributed by atoms with Crippen molar-refractivity contribution in [2.45, 2.75) is 6.42 Å². The number of aromatic nitrogens is 1. The SMILES string of the molecule is COCCCN(C)c1ccc([N+](=O)[O-])c(N)n1. The molecule has 17 heavy (non-hydrogen) atoms. The molecule has 0 aliphatic carbocycles. The number of hydrogen-bond donors (Lipinski definition) is 1. The molecule has 94 valence electrons. The minimum atomic E-state index is -0.545. The van der Waals surface area contributed by atoms with Crippen molar-refractivity contribution in [2.75, 3.05) is 37.9 Å². The number of pyridine rings is 1. The normalized spacial score (nSPS) is 10.2. The number of rotatable bonds is 6. The Bertz CT molecular complexity index is 397. The monoisotopic (exact) mass is 240 g/mol. The molecule has 0 fully saturated rings. The minimum Gasteiger partial charge on any atom is -0.385 e. The lowest BCUT2D eigenvalue weighted by molar-refractivity contribution is -0.384. The Morgan fingerprint density at radius 1 is 1.59 bits per heavy atom. The molecule has 0 saturated heterocycles. The highest BCUT2D eigenvalue weighted by Crippen LogP contribution is 2.22. The summed E-state index contributed by atoms with van der Waals surface area (Å²) in [7, 11) is 3.49. The molecular formula is C10H16N4O3. The highest BCUT2D eigenvalue weighted by Gasteiger charge is 2.14. The van der Waals surface area contributed by atoms with E-state index in [9.17, 15) is 10.1 Å². The third-order valence-corrected chi connectivity index (χ3v) is 2.32. The Morgan fingerprint density at radius 2 is 2.29 bits per heavy atom.